The monoisotopic (exact) mass is 383 g/mol. The number of benzene rings is 2. The van der Waals surface area contributed by atoms with E-state index in [1.165, 1.54) is 5.52 Å². The summed E-state index contributed by atoms with van der Waals surface area (Å²) in [5.74, 6) is 1.68. The second-order valence-corrected chi connectivity index (χ2v) is 7.69. The van der Waals surface area contributed by atoms with Crippen molar-refractivity contribution < 1.29 is 4.79 Å². The van der Waals surface area contributed by atoms with Crippen LogP contribution in [0.4, 0.5) is 0 Å². The molecule has 0 aliphatic heterocycles. The third-order valence-electron chi connectivity index (χ3n) is 4.61. The van der Waals surface area contributed by atoms with E-state index in [-0.39, 0.29) is 5.91 Å². The highest BCUT2D eigenvalue weighted by atomic mass is 35.5. The van der Waals surface area contributed by atoms with Gasteiger partial charge in [-0.25, -0.2) is 4.98 Å². The molecular weight excluding hydrogens is 358 g/mol. The van der Waals surface area contributed by atoms with Gasteiger partial charge >= 0.3 is 0 Å². The highest BCUT2D eigenvalue weighted by molar-refractivity contribution is 6.30. The number of nitrogens with one attached hydrogen (secondary N) is 1. The predicted octanol–water partition coefficient (Wildman–Crippen LogP) is 4.64. The van der Waals surface area contributed by atoms with E-state index in [4.69, 9.17) is 16.6 Å². The summed E-state index contributed by atoms with van der Waals surface area (Å²) in [6.45, 7) is 6.00. The Kier molecular flexibility index (Phi) is 6.51. The van der Waals surface area contributed by atoms with Crippen molar-refractivity contribution in [2.45, 2.75) is 39.7 Å². The van der Waals surface area contributed by atoms with Gasteiger partial charge in [0, 0.05) is 24.5 Å². The average molecular weight is 384 g/mol. The van der Waals surface area contributed by atoms with Crippen LogP contribution in [0.2, 0.25) is 5.02 Å². The Morgan fingerprint density at radius 2 is 1.89 bits per heavy atom. The molecule has 4 nitrogen and oxygen atoms in total. The van der Waals surface area contributed by atoms with Crippen LogP contribution in [0.25, 0.3) is 11.0 Å². The number of nitrogens with zero attached hydrogens (tertiary/aromatic N) is 2. The summed E-state index contributed by atoms with van der Waals surface area (Å²) in [6, 6.07) is 15.6. The molecule has 3 aromatic rings. The fraction of sp³-hybridized carbons (Fsp3) is 0.364. The number of carbonyl (C=O) groups is 1. The Balaban J connectivity index is 1.61. The molecule has 0 aliphatic rings. The summed E-state index contributed by atoms with van der Waals surface area (Å²) in [6.07, 6.45) is 2.19. The minimum absolute atomic E-state index is 0.0159. The number of amides is 1. The van der Waals surface area contributed by atoms with Gasteiger partial charge in [-0.3, -0.25) is 4.79 Å². The van der Waals surface area contributed by atoms with E-state index in [1.807, 2.05) is 30.3 Å². The van der Waals surface area contributed by atoms with Gasteiger partial charge in [0.2, 0.25) is 5.91 Å². The summed E-state index contributed by atoms with van der Waals surface area (Å²) in [5, 5.41) is 3.69. The molecule has 1 aromatic heterocycles. The highest BCUT2D eigenvalue weighted by Gasteiger charge is 2.11. The predicted molar refractivity (Wildman–Crippen MR) is 111 cm³/mol. The maximum absolute atomic E-state index is 12.2. The van der Waals surface area contributed by atoms with Crippen LogP contribution < -0.4 is 5.32 Å². The molecule has 27 heavy (non-hydrogen) atoms. The molecule has 1 amide bonds. The van der Waals surface area contributed by atoms with Crippen molar-refractivity contribution in [3.8, 4) is 0 Å². The fourth-order valence-electron chi connectivity index (χ4n) is 3.12. The lowest BCUT2D eigenvalue weighted by Crippen LogP contribution is -2.28. The van der Waals surface area contributed by atoms with Crippen LogP contribution in [-0.2, 0) is 24.2 Å². The first-order valence-electron chi connectivity index (χ1n) is 9.48. The molecule has 0 fully saturated rings. The smallest absolute Gasteiger partial charge is 0.224 e. The first-order chi connectivity index (χ1) is 13.0. The maximum atomic E-state index is 12.2. The number of para-hydroxylation sites is 2. The fourth-order valence-corrected chi connectivity index (χ4v) is 3.24. The number of aromatic nitrogens is 2. The van der Waals surface area contributed by atoms with Gasteiger partial charge in [0.05, 0.1) is 17.5 Å². The summed E-state index contributed by atoms with van der Waals surface area (Å²) in [4.78, 5) is 17.0. The van der Waals surface area contributed by atoms with Gasteiger partial charge in [0.25, 0.3) is 0 Å². The zero-order chi connectivity index (χ0) is 19.2. The average Bonchev–Trinajstić information content (AvgIpc) is 2.99. The largest absolute Gasteiger partial charge is 0.355 e. The lowest BCUT2D eigenvalue weighted by atomic mass is 10.1. The molecule has 0 bridgehead atoms. The molecule has 0 saturated heterocycles. The molecule has 0 aliphatic carbocycles. The standard InChI is InChI=1S/C22H26ClN3O/c1-16(2)12-14-26-20-6-4-3-5-19(20)25-21(26)11-13-24-22(27)15-17-7-9-18(23)10-8-17/h3-10,16H,11-15H2,1-2H3,(H,24,27). The molecule has 3 rings (SSSR count). The second-order valence-electron chi connectivity index (χ2n) is 7.25. The van der Waals surface area contributed by atoms with E-state index in [0.717, 1.165) is 36.3 Å². The van der Waals surface area contributed by atoms with Gasteiger partial charge in [0.15, 0.2) is 0 Å². The van der Waals surface area contributed by atoms with Crippen LogP contribution in [-0.4, -0.2) is 22.0 Å². The quantitative estimate of drug-likeness (QED) is 0.616. The first-order valence-corrected chi connectivity index (χ1v) is 9.86. The molecule has 2 aromatic carbocycles. The van der Waals surface area contributed by atoms with Crippen LogP contribution in [0.1, 0.15) is 31.7 Å². The summed E-state index contributed by atoms with van der Waals surface area (Å²) in [5.41, 5.74) is 3.14. The van der Waals surface area contributed by atoms with E-state index in [9.17, 15) is 4.79 Å². The molecule has 0 atom stereocenters. The Bertz CT molecular complexity index is 900. The Labute approximate surface area is 165 Å². The molecule has 142 valence electrons. The van der Waals surface area contributed by atoms with Crippen molar-refractivity contribution >= 4 is 28.5 Å². The second kappa shape index (κ2) is 9.05. The zero-order valence-electron chi connectivity index (χ0n) is 15.9. The van der Waals surface area contributed by atoms with Crippen molar-refractivity contribution in [3.63, 3.8) is 0 Å². The van der Waals surface area contributed by atoms with Gasteiger partial charge in [-0.15, -0.1) is 0 Å². The van der Waals surface area contributed by atoms with E-state index < -0.39 is 0 Å². The summed E-state index contributed by atoms with van der Waals surface area (Å²) < 4.78 is 2.29. The van der Waals surface area contributed by atoms with Gasteiger partial charge in [-0.05, 0) is 42.2 Å². The van der Waals surface area contributed by atoms with E-state index in [0.29, 0.717) is 23.9 Å². The lowest BCUT2D eigenvalue weighted by Gasteiger charge is -2.11. The minimum Gasteiger partial charge on any atom is -0.355 e. The van der Waals surface area contributed by atoms with Crippen molar-refractivity contribution in [3.05, 3.63) is 64.9 Å². The van der Waals surface area contributed by atoms with Crippen LogP contribution in [0.3, 0.4) is 0 Å². The van der Waals surface area contributed by atoms with Crippen LogP contribution in [0.15, 0.2) is 48.5 Å². The number of rotatable bonds is 8. The number of imidazole rings is 1. The van der Waals surface area contributed by atoms with Gasteiger partial charge in [-0.1, -0.05) is 49.7 Å². The molecule has 1 N–H and O–H groups in total. The number of halogens is 1. The van der Waals surface area contributed by atoms with Crippen molar-refractivity contribution in [1.29, 1.82) is 0 Å². The van der Waals surface area contributed by atoms with E-state index >= 15 is 0 Å². The Morgan fingerprint density at radius 1 is 1.15 bits per heavy atom. The van der Waals surface area contributed by atoms with E-state index in [1.54, 1.807) is 12.1 Å². The third kappa shape index (κ3) is 5.33. The first kappa shape index (κ1) is 19.4. The number of fused-ring (bicyclic) bond motifs is 1. The number of aryl methyl sites for hydroxylation is 1. The van der Waals surface area contributed by atoms with Crippen LogP contribution in [0.5, 0.6) is 0 Å². The SMILES string of the molecule is CC(C)CCn1c(CCNC(=O)Cc2ccc(Cl)cc2)nc2ccccc21. The summed E-state index contributed by atoms with van der Waals surface area (Å²) >= 11 is 5.88. The molecule has 0 spiro atoms. The van der Waals surface area contributed by atoms with Crippen LogP contribution >= 0.6 is 11.6 Å². The van der Waals surface area contributed by atoms with Crippen LogP contribution in [0, 0.1) is 5.92 Å². The van der Waals surface area contributed by atoms with Crippen molar-refractivity contribution in [1.82, 2.24) is 14.9 Å². The zero-order valence-corrected chi connectivity index (χ0v) is 16.7. The highest BCUT2D eigenvalue weighted by Crippen LogP contribution is 2.18. The Hall–Kier alpha value is -2.33. The number of carbonyl (C=O) groups excluding carboxylic acids is 1. The third-order valence-corrected chi connectivity index (χ3v) is 4.86. The normalized spacial score (nSPS) is 11.3. The number of hydrogen-bond acceptors (Lipinski definition) is 2. The molecular formula is C22H26ClN3O. The molecule has 1 heterocycles. The summed E-state index contributed by atoms with van der Waals surface area (Å²) in [7, 11) is 0. The molecule has 0 radical (unpaired) electrons. The maximum Gasteiger partial charge on any atom is 0.224 e. The lowest BCUT2D eigenvalue weighted by molar-refractivity contribution is -0.120. The Morgan fingerprint density at radius 3 is 2.63 bits per heavy atom. The van der Waals surface area contributed by atoms with Crippen molar-refractivity contribution in [2.75, 3.05) is 6.54 Å². The van der Waals surface area contributed by atoms with E-state index in [2.05, 4.69) is 29.8 Å². The molecule has 0 saturated carbocycles. The minimum atomic E-state index is 0.0159. The van der Waals surface area contributed by atoms with Gasteiger partial charge in [0.1, 0.15) is 5.82 Å². The topological polar surface area (TPSA) is 46.9 Å². The number of hydrogen-bond donors (Lipinski definition) is 1. The van der Waals surface area contributed by atoms with Crippen molar-refractivity contribution in [2.24, 2.45) is 5.92 Å². The molecule has 5 heteroatoms. The molecule has 0 unspecified atom stereocenters. The van der Waals surface area contributed by atoms with Gasteiger partial charge in [-0.2, -0.15) is 0 Å². The van der Waals surface area contributed by atoms with Gasteiger partial charge < -0.3 is 9.88 Å².